The van der Waals surface area contributed by atoms with Crippen molar-refractivity contribution in [2.24, 2.45) is 7.05 Å². The Hall–Kier alpha value is -1.61. The van der Waals surface area contributed by atoms with Crippen molar-refractivity contribution in [1.29, 1.82) is 0 Å². The van der Waals surface area contributed by atoms with Crippen molar-refractivity contribution in [3.05, 3.63) is 53.6 Å². The summed E-state index contributed by atoms with van der Waals surface area (Å²) in [7, 11) is 2.05. The molecule has 1 N–H and O–H groups in total. The first-order chi connectivity index (χ1) is 9.26. The van der Waals surface area contributed by atoms with E-state index in [1.807, 2.05) is 19.4 Å². The molecule has 3 heteroatoms. The summed E-state index contributed by atoms with van der Waals surface area (Å²) in [6.45, 7) is 5.36. The van der Waals surface area contributed by atoms with Gasteiger partial charge in [0.2, 0.25) is 0 Å². The maximum Gasteiger partial charge on any atom is 0.130 e. The Morgan fingerprint density at radius 2 is 1.95 bits per heavy atom. The Morgan fingerprint density at radius 3 is 2.47 bits per heavy atom. The molecule has 0 saturated heterocycles. The topological polar surface area (TPSA) is 29.9 Å². The van der Waals surface area contributed by atoms with Crippen LogP contribution in [-0.2, 0) is 13.5 Å². The van der Waals surface area contributed by atoms with E-state index in [0.29, 0.717) is 0 Å². The summed E-state index contributed by atoms with van der Waals surface area (Å²) in [5.41, 5.74) is 2.65. The van der Waals surface area contributed by atoms with Crippen molar-refractivity contribution in [1.82, 2.24) is 14.9 Å². The number of nitrogens with one attached hydrogen (secondary N) is 1. The number of hydrogen-bond acceptors (Lipinski definition) is 2. The average Bonchev–Trinajstić information content (AvgIpc) is 2.86. The van der Waals surface area contributed by atoms with Gasteiger partial charge in [0.15, 0.2) is 0 Å². The Labute approximate surface area is 115 Å². The molecule has 2 aromatic rings. The lowest BCUT2D eigenvalue weighted by atomic mass is 10.0. The van der Waals surface area contributed by atoms with E-state index in [9.17, 15) is 0 Å². The van der Waals surface area contributed by atoms with Crippen molar-refractivity contribution >= 4 is 0 Å². The highest BCUT2D eigenvalue weighted by atomic mass is 15.1. The molecule has 102 valence electrons. The minimum atomic E-state index is 0.172. The normalized spacial score (nSPS) is 12.6. The Morgan fingerprint density at radius 1 is 1.21 bits per heavy atom. The van der Waals surface area contributed by atoms with Crippen LogP contribution in [0.1, 0.15) is 43.3 Å². The lowest BCUT2D eigenvalue weighted by molar-refractivity contribution is 0.555. The Balaban J connectivity index is 2.28. The van der Waals surface area contributed by atoms with E-state index >= 15 is 0 Å². The molecule has 3 nitrogen and oxygen atoms in total. The second kappa shape index (κ2) is 6.53. The first kappa shape index (κ1) is 13.8. The van der Waals surface area contributed by atoms with E-state index in [2.05, 4.69) is 53.0 Å². The van der Waals surface area contributed by atoms with Crippen molar-refractivity contribution < 1.29 is 0 Å². The van der Waals surface area contributed by atoms with Crippen molar-refractivity contribution in [2.45, 2.75) is 32.7 Å². The number of benzene rings is 1. The second-order valence-corrected chi connectivity index (χ2v) is 4.88. The molecule has 0 fully saturated rings. The highest BCUT2D eigenvalue weighted by molar-refractivity contribution is 5.29. The van der Waals surface area contributed by atoms with Gasteiger partial charge in [0.25, 0.3) is 0 Å². The molecule has 0 bridgehead atoms. The van der Waals surface area contributed by atoms with Crippen LogP contribution in [0.25, 0.3) is 0 Å². The molecule has 0 aliphatic carbocycles. The first-order valence-corrected chi connectivity index (χ1v) is 7.05. The van der Waals surface area contributed by atoms with Crippen LogP contribution < -0.4 is 5.32 Å². The van der Waals surface area contributed by atoms with Gasteiger partial charge in [-0.25, -0.2) is 4.98 Å². The third-order valence-corrected chi connectivity index (χ3v) is 3.44. The average molecular weight is 257 g/mol. The third kappa shape index (κ3) is 3.24. The number of aromatic nitrogens is 2. The SMILES string of the molecule is CCCNC(c1ccc(CC)cc1)c1nccn1C. The molecule has 2 rings (SSSR count). The predicted molar refractivity (Wildman–Crippen MR) is 79.2 cm³/mol. The zero-order valence-electron chi connectivity index (χ0n) is 12.1. The minimum absolute atomic E-state index is 0.172. The van der Waals surface area contributed by atoms with Crippen LogP contribution in [-0.4, -0.2) is 16.1 Å². The molecule has 1 unspecified atom stereocenters. The van der Waals surface area contributed by atoms with Crippen molar-refractivity contribution in [3.63, 3.8) is 0 Å². The van der Waals surface area contributed by atoms with Gasteiger partial charge in [-0.05, 0) is 30.5 Å². The fourth-order valence-corrected chi connectivity index (χ4v) is 2.25. The zero-order chi connectivity index (χ0) is 13.7. The summed E-state index contributed by atoms with van der Waals surface area (Å²) >= 11 is 0. The molecule has 1 atom stereocenters. The quantitative estimate of drug-likeness (QED) is 0.862. The minimum Gasteiger partial charge on any atom is -0.336 e. The summed E-state index contributed by atoms with van der Waals surface area (Å²) < 4.78 is 2.08. The van der Waals surface area contributed by atoms with Crippen molar-refractivity contribution in [3.8, 4) is 0 Å². The van der Waals surface area contributed by atoms with E-state index < -0.39 is 0 Å². The molecule has 0 radical (unpaired) electrons. The Kier molecular flexibility index (Phi) is 4.74. The largest absolute Gasteiger partial charge is 0.336 e. The standard InChI is InChI=1S/C16H23N3/c1-4-10-17-15(16-18-11-12-19(16)3)14-8-6-13(5-2)7-9-14/h6-9,11-12,15,17H,4-5,10H2,1-3H3. The summed E-state index contributed by atoms with van der Waals surface area (Å²) in [5.74, 6) is 1.07. The zero-order valence-corrected chi connectivity index (χ0v) is 12.1. The molecule has 1 aromatic heterocycles. The molecule has 0 aliphatic rings. The molecule has 1 aromatic carbocycles. The maximum absolute atomic E-state index is 4.49. The fourth-order valence-electron chi connectivity index (χ4n) is 2.25. The van der Waals surface area contributed by atoms with Gasteiger partial charge in [0.05, 0.1) is 6.04 Å². The molecule has 0 aliphatic heterocycles. The number of hydrogen-bond donors (Lipinski definition) is 1. The highest BCUT2D eigenvalue weighted by Crippen LogP contribution is 2.21. The summed E-state index contributed by atoms with van der Waals surface area (Å²) in [5, 5.41) is 3.58. The van der Waals surface area contributed by atoms with Crippen molar-refractivity contribution in [2.75, 3.05) is 6.54 Å². The first-order valence-electron chi connectivity index (χ1n) is 7.05. The van der Waals surface area contributed by atoms with Crippen LogP contribution in [0.3, 0.4) is 0 Å². The number of rotatable bonds is 6. The molecule has 0 amide bonds. The van der Waals surface area contributed by atoms with E-state index in [0.717, 1.165) is 25.2 Å². The van der Waals surface area contributed by atoms with E-state index in [1.54, 1.807) is 0 Å². The number of aryl methyl sites for hydroxylation is 2. The molecule has 0 spiro atoms. The Bertz CT molecular complexity index is 499. The van der Waals surface area contributed by atoms with Crippen LogP contribution in [0, 0.1) is 0 Å². The summed E-state index contributed by atoms with van der Waals surface area (Å²) in [4.78, 5) is 4.49. The number of nitrogens with zero attached hydrogens (tertiary/aromatic N) is 2. The molecule has 1 heterocycles. The van der Waals surface area contributed by atoms with E-state index in [-0.39, 0.29) is 6.04 Å². The maximum atomic E-state index is 4.49. The fraction of sp³-hybridized carbons (Fsp3) is 0.438. The lowest BCUT2D eigenvalue weighted by Crippen LogP contribution is -2.25. The smallest absolute Gasteiger partial charge is 0.130 e. The lowest BCUT2D eigenvalue weighted by Gasteiger charge is -2.19. The van der Waals surface area contributed by atoms with Gasteiger partial charge < -0.3 is 9.88 Å². The number of imidazole rings is 1. The second-order valence-electron chi connectivity index (χ2n) is 4.88. The third-order valence-electron chi connectivity index (χ3n) is 3.44. The van der Waals surface area contributed by atoms with Crippen LogP contribution in [0.2, 0.25) is 0 Å². The highest BCUT2D eigenvalue weighted by Gasteiger charge is 2.17. The van der Waals surface area contributed by atoms with Gasteiger partial charge in [-0.3, -0.25) is 0 Å². The molecular weight excluding hydrogens is 234 g/mol. The van der Waals surface area contributed by atoms with Crippen LogP contribution in [0.15, 0.2) is 36.7 Å². The van der Waals surface area contributed by atoms with Gasteiger partial charge in [-0.2, -0.15) is 0 Å². The van der Waals surface area contributed by atoms with Crippen LogP contribution in [0.5, 0.6) is 0 Å². The molecule has 0 saturated carbocycles. The molecule has 19 heavy (non-hydrogen) atoms. The van der Waals surface area contributed by atoms with Gasteiger partial charge >= 0.3 is 0 Å². The van der Waals surface area contributed by atoms with Gasteiger partial charge in [0, 0.05) is 19.4 Å². The van der Waals surface area contributed by atoms with E-state index in [1.165, 1.54) is 11.1 Å². The monoisotopic (exact) mass is 257 g/mol. The molecular formula is C16H23N3. The van der Waals surface area contributed by atoms with E-state index in [4.69, 9.17) is 0 Å². The van der Waals surface area contributed by atoms with Crippen LogP contribution >= 0.6 is 0 Å². The van der Waals surface area contributed by atoms with Gasteiger partial charge in [-0.1, -0.05) is 38.1 Å². The van der Waals surface area contributed by atoms with Crippen LogP contribution in [0.4, 0.5) is 0 Å². The predicted octanol–water partition coefficient (Wildman–Crippen LogP) is 3.07. The van der Waals surface area contributed by atoms with Gasteiger partial charge in [-0.15, -0.1) is 0 Å². The summed E-state index contributed by atoms with van der Waals surface area (Å²) in [6.07, 6.45) is 6.05. The summed E-state index contributed by atoms with van der Waals surface area (Å²) in [6, 6.07) is 9.00. The van der Waals surface area contributed by atoms with Gasteiger partial charge in [0.1, 0.15) is 5.82 Å².